The summed E-state index contributed by atoms with van der Waals surface area (Å²) in [5.41, 5.74) is 0.424. The number of ether oxygens (including phenoxy) is 1. The molecule has 6 atom stereocenters. The first-order valence-electron chi connectivity index (χ1n) is 22.8. The van der Waals surface area contributed by atoms with Crippen molar-refractivity contribution in [3.63, 3.8) is 0 Å². The Balaban J connectivity index is 1.49. The molecule has 65 heavy (non-hydrogen) atoms. The van der Waals surface area contributed by atoms with Gasteiger partial charge in [-0.1, -0.05) is 119 Å². The van der Waals surface area contributed by atoms with Crippen molar-refractivity contribution in [3.8, 4) is 0 Å². The topological polar surface area (TPSA) is 215 Å². The van der Waals surface area contributed by atoms with Crippen LogP contribution in [-0.2, 0) is 46.3 Å². The SMILES string of the molecule is CC(C)C[C@H](NC(=O)CCC(NC(=O)[C@H](CCc1ccccc1)NC(=O)CN1CCOCC1)c1ccccc1)C(=O)N[C@@H](Cc1ccccc1)C(=O)N[C@@H](CC(C)C)C(=O)[C@](C)(O)CO. The van der Waals surface area contributed by atoms with E-state index in [1.807, 2.05) is 99.3 Å². The molecule has 0 saturated carbocycles. The lowest BCUT2D eigenvalue weighted by Crippen LogP contribution is -2.59. The third-order valence-electron chi connectivity index (χ3n) is 11.3. The van der Waals surface area contributed by atoms with Crippen molar-refractivity contribution in [1.29, 1.82) is 0 Å². The molecular weight excluding hydrogens is 829 g/mol. The predicted octanol–water partition coefficient (Wildman–Crippen LogP) is 3.18. The lowest BCUT2D eigenvalue weighted by atomic mass is 9.90. The summed E-state index contributed by atoms with van der Waals surface area (Å²) in [5.74, 6) is -3.21. The van der Waals surface area contributed by atoms with Crippen LogP contribution >= 0.6 is 0 Å². The first-order chi connectivity index (χ1) is 31.0. The third kappa shape index (κ3) is 18.1. The highest BCUT2D eigenvalue weighted by Crippen LogP contribution is 2.20. The van der Waals surface area contributed by atoms with E-state index in [9.17, 15) is 39.0 Å². The van der Waals surface area contributed by atoms with Crippen molar-refractivity contribution >= 4 is 35.3 Å². The number of nitrogens with one attached hydrogen (secondary N) is 5. The highest BCUT2D eigenvalue weighted by Gasteiger charge is 2.38. The number of hydrogen-bond acceptors (Lipinski definition) is 10. The molecule has 0 radical (unpaired) electrons. The Hall–Kier alpha value is -5.48. The average molecular weight is 899 g/mol. The van der Waals surface area contributed by atoms with Crippen LogP contribution in [0.3, 0.4) is 0 Å². The van der Waals surface area contributed by atoms with Gasteiger partial charge in [0.05, 0.1) is 38.4 Å². The molecule has 15 nitrogen and oxygen atoms in total. The Bertz CT molecular complexity index is 1960. The molecular formula is C50H70N6O9. The molecule has 0 aromatic heterocycles. The van der Waals surface area contributed by atoms with Crippen LogP contribution in [0, 0.1) is 11.8 Å². The molecule has 4 rings (SSSR count). The minimum absolute atomic E-state index is 0.0381. The Kier molecular flexibility index (Phi) is 21.2. The molecule has 7 N–H and O–H groups in total. The van der Waals surface area contributed by atoms with Crippen molar-refractivity contribution in [1.82, 2.24) is 31.5 Å². The standard InChI is InChI=1S/C50H70N6O9/c1-34(2)29-41(46(60)50(5,64)33-57)54-49(63)43(31-37-17-11-7-12-18-37)55-48(62)42(30-35(3)4)52-44(58)24-23-39(38-19-13-8-14-20-38)53-47(61)40(22-21-36-15-9-6-10-16-36)51-45(59)32-56-25-27-65-28-26-56/h6-20,34-35,39-43,57,64H,21-33H2,1-5H3,(H,51,59)(H,52,58)(H,53,61)(H,54,63)(H,55,62)/t39?,40-,41-,42-,43-,50+/m0/s1. The van der Waals surface area contributed by atoms with Crippen molar-refractivity contribution in [2.24, 2.45) is 11.8 Å². The summed E-state index contributed by atoms with van der Waals surface area (Å²) in [5, 5.41) is 34.8. The molecule has 0 bridgehead atoms. The fraction of sp³-hybridized carbons (Fsp3) is 0.520. The van der Waals surface area contributed by atoms with E-state index in [2.05, 4.69) is 26.6 Å². The van der Waals surface area contributed by atoms with E-state index in [-0.39, 0.29) is 62.3 Å². The first-order valence-corrected chi connectivity index (χ1v) is 22.8. The maximum absolute atomic E-state index is 14.1. The summed E-state index contributed by atoms with van der Waals surface area (Å²) in [6.45, 7) is 10.3. The zero-order valence-electron chi connectivity index (χ0n) is 38.6. The molecule has 1 heterocycles. The zero-order chi connectivity index (χ0) is 47.4. The number of morpholine rings is 1. The molecule has 3 aromatic carbocycles. The Morgan fingerprint density at radius 1 is 0.631 bits per heavy atom. The fourth-order valence-corrected chi connectivity index (χ4v) is 7.71. The van der Waals surface area contributed by atoms with Crippen LogP contribution in [0.5, 0.6) is 0 Å². The van der Waals surface area contributed by atoms with Gasteiger partial charge in [0.2, 0.25) is 29.5 Å². The van der Waals surface area contributed by atoms with Crippen LogP contribution in [0.25, 0.3) is 0 Å². The molecule has 3 aromatic rings. The van der Waals surface area contributed by atoms with Crippen LogP contribution in [0.2, 0.25) is 0 Å². The van der Waals surface area contributed by atoms with Gasteiger partial charge < -0.3 is 41.5 Å². The van der Waals surface area contributed by atoms with Crippen molar-refractivity contribution in [3.05, 3.63) is 108 Å². The van der Waals surface area contributed by atoms with E-state index < -0.39 is 65.9 Å². The summed E-state index contributed by atoms with van der Waals surface area (Å²) < 4.78 is 5.42. The van der Waals surface area contributed by atoms with Gasteiger partial charge in [-0.15, -0.1) is 0 Å². The molecule has 0 aliphatic carbocycles. The van der Waals surface area contributed by atoms with Gasteiger partial charge in [-0.2, -0.15) is 0 Å². The number of benzene rings is 3. The predicted molar refractivity (Wildman–Crippen MR) is 248 cm³/mol. The van der Waals surface area contributed by atoms with Gasteiger partial charge in [0.1, 0.15) is 23.7 Å². The second-order valence-electron chi connectivity index (χ2n) is 18.0. The molecule has 0 spiro atoms. The number of carbonyl (C=O) groups excluding carboxylic acids is 6. The van der Waals surface area contributed by atoms with Gasteiger partial charge in [-0.3, -0.25) is 33.7 Å². The molecule has 1 saturated heterocycles. The van der Waals surface area contributed by atoms with Crippen LogP contribution in [-0.4, -0.2) is 120 Å². The number of ketones is 1. The molecule has 1 aliphatic rings. The van der Waals surface area contributed by atoms with E-state index in [0.717, 1.165) is 16.7 Å². The maximum Gasteiger partial charge on any atom is 0.243 e. The highest BCUT2D eigenvalue weighted by molar-refractivity contribution is 5.97. The largest absolute Gasteiger partial charge is 0.393 e. The van der Waals surface area contributed by atoms with Crippen molar-refractivity contribution < 1.29 is 43.7 Å². The second-order valence-corrected chi connectivity index (χ2v) is 18.0. The van der Waals surface area contributed by atoms with Gasteiger partial charge >= 0.3 is 0 Å². The summed E-state index contributed by atoms with van der Waals surface area (Å²) in [6, 6.07) is 23.2. The monoisotopic (exact) mass is 899 g/mol. The van der Waals surface area contributed by atoms with Crippen molar-refractivity contribution in [2.75, 3.05) is 39.5 Å². The molecule has 1 aliphatic heterocycles. The Morgan fingerprint density at radius 2 is 1.14 bits per heavy atom. The number of rotatable bonds is 26. The van der Waals surface area contributed by atoms with E-state index in [4.69, 9.17) is 4.74 Å². The van der Waals surface area contributed by atoms with Gasteiger partial charge in [0, 0.05) is 25.9 Å². The zero-order valence-corrected chi connectivity index (χ0v) is 38.6. The summed E-state index contributed by atoms with van der Waals surface area (Å²) in [6.07, 6.45) is 1.49. The van der Waals surface area contributed by atoms with Crippen LogP contribution in [0.4, 0.5) is 0 Å². The van der Waals surface area contributed by atoms with E-state index in [0.29, 0.717) is 39.1 Å². The minimum Gasteiger partial charge on any atom is -0.393 e. The van der Waals surface area contributed by atoms with Gasteiger partial charge in [0.25, 0.3) is 0 Å². The number of aliphatic hydroxyl groups excluding tert-OH is 1. The summed E-state index contributed by atoms with van der Waals surface area (Å²) in [4.78, 5) is 84.6. The maximum atomic E-state index is 14.1. The van der Waals surface area contributed by atoms with E-state index in [1.165, 1.54) is 6.92 Å². The Labute approximate surface area is 383 Å². The third-order valence-corrected chi connectivity index (χ3v) is 11.3. The molecule has 1 unspecified atom stereocenters. The molecule has 354 valence electrons. The number of carbonyl (C=O) groups is 6. The number of amides is 5. The van der Waals surface area contributed by atoms with E-state index >= 15 is 0 Å². The van der Waals surface area contributed by atoms with Gasteiger partial charge in [-0.25, -0.2) is 0 Å². The van der Waals surface area contributed by atoms with E-state index in [1.54, 1.807) is 24.3 Å². The number of nitrogens with zero attached hydrogens (tertiary/aromatic N) is 1. The quantitative estimate of drug-likeness (QED) is 0.0625. The first kappa shape index (κ1) is 52.1. The van der Waals surface area contributed by atoms with Crippen LogP contribution in [0.1, 0.15) is 89.5 Å². The molecule has 5 amide bonds. The van der Waals surface area contributed by atoms with Gasteiger partial charge in [-0.05, 0) is 67.6 Å². The number of aliphatic hydroxyl groups is 2. The fourth-order valence-electron chi connectivity index (χ4n) is 7.71. The van der Waals surface area contributed by atoms with Gasteiger partial charge in [0.15, 0.2) is 5.78 Å². The van der Waals surface area contributed by atoms with Crippen molar-refractivity contribution in [2.45, 2.75) is 115 Å². The second kappa shape index (κ2) is 26.5. The average Bonchev–Trinajstić information content (AvgIpc) is 3.29. The minimum atomic E-state index is -2.09. The summed E-state index contributed by atoms with van der Waals surface area (Å²) >= 11 is 0. The lowest BCUT2D eigenvalue weighted by Gasteiger charge is -2.29. The molecule has 15 heteroatoms. The Morgan fingerprint density at radius 3 is 1.72 bits per heavy atom. The summed E-state index contributed by atoms with van der Waals surface area (Å²) in [7, 11) is 0. The normalized spacial score (nSPS) is 16.3. The number of aryl methyl sites for hydroxylation is 1. The highest BCUT2D eigenvalue weighted by atomic mass is 16.5. The smallest absolute Gasteiger partial charge is 0.243 e. The van der Waals surface area contributed by atoms with Crippen LogP contribution < -0.4 is 26.6 Å². The lowest BCUT2D eigenvalue weighted by molar-refractivity contribution is -0.144. The number of hydrogen-bond donors (Lipinski definition) is 7. The van der Waals surface area contributed by atoms with Crippen LogP contribution in [0.15, 0.2) is 91.0 Å². The molecule has 1 fully saturated rings. The number of Topliss-reactive ketones (excluding diaryl/α,β-unsaturated/α-hetero) is 1.